The van der Waals surface area contributed by atoms with Crippen molar-refractivity contribution in [3.63, 3.8) is 0 Å². The fourth-order valence-electron chi connectivity index (χ4n) is 3.77. The number of rotatable bonds is 7. The Kier molecular flexibility index (Phi) is 5.99. The zero-order chi connectivity index (χ0) is 19.4. The van der Waals surface area contributed by atoms with Crippen molar-refractivity contribution in [1.82, 2.24) is 9.13 Å². The molecule has 0 saturated heterocycles. The van der Waals surface area contributed by atoms with E-state index in [1.807, 2.05) is 19.9 Å². The Bertz CT molecular complexity index is 870. The largest absolute Gasteiger partial charge is 0.453 e. The van der Waals surface area contributed by atoms with Crippen molar-refractivity contribution < 1.29 is 14.3 Å². The highest BCUT2D eigenvalue weighted by molar-refractivity contribution is 6.00. The molecule has 144 valence electrons. The van der Waals surface area contributed by atoms with Crippen molar-refractivity contribution in [1.29, 1.82) is 0 Å². The Morgan fingerprint density at radius 2 is 2.04 bits per heavy atom. The van der Waals surface area contributed by atoms with Crippen molar-refractivity contribution in [3.8, 4) is 0 Å². The Labute approximate surface area is 160 Å². The molecule has 0 bridgehead atoms. The van der Waals surface area contributed by atoms with Crippen LogP contribution in [0.15, 0.2) is 36.0 Å². The van der Waals surface area contributed by atoms with Gasteiger partial charge in [0.15, 0.2) is 6.61 Å². The van der Waals surface area contributed by atoms with E-state index in [1.54, 1.807) is 29.9 Å². The van der Waals surface area contributed by atoms with Crippen LogP contribution >= 0.6 is 0 Å². The molecule has 0 N–H and O–H groups in total. The molecule has 0 radical (unpaired) electrons. The zero-order valence-corrected chi connectivity index (χ0v) is 16.5. The van der Waals surface area contributed by atoms with E-state index in [1.165, 1.54) is 31.3 Å². The molecular weight excluding hydrogens is 340 g/mol. The van der Waals surface area contributed by atoms with Crippen LogP contribution in [0.5, 0.6) is 0 Å². The average Bonchev–Trinajstić information content (AvgIpc) is 3.22. The standard InChI is InChI=1S/C22H28N2O3/c1-16-14-19(17(2)24(16)13-11-18-8-5-4-6-9-18)21(25)15-27-22(26)20-10-7-12-23(20)3/h7-8,10,12,14H,4-6,9,11,13,15H2,1-3H3. The molecule has 0 spiro atoms. The summed E-state index contributed by atoms with van der Waals surface area (Å²) in [6, 6.07) is 5.36. The number of aromatic nitrogens is 2. The van der Waals surface area contributed by atoms with E-state index in [-0.39, 0.29) is 12.4 Å². The van der Waals surface area contributed by atoms with E-state index in [0.717, 1.165) is 24.4 Å². The maximum absolute atomic E-state index is 12.6. The van der Waals surface area contributed by atoms with Crippen molar-refractivity contribution >= 4 is 11.8 Å². The van der Waals surface area contributed by atoms with Gasteiger partial charge in [0.2, 0.25) is 5.78 Å². The van der Waals surface area contributed by atoms with Gasteiger partial charge >= 0.3 is 5.97 Å². The number of ketones is 1. The highest BCUT2D eigenvalue weighted by Crippen LogP contribution is 2.23. The van der Waals surface area contributed by atoms with Crippen LogP contribution in [0, 0.1) is 13.8 Å². The summed E-state index contributed by atoms with van der Waals surface area (Å²) in [7, 11) is 1.77. The second kappa shape index (κ2) is 8.42. The van der Waals surface area contributed by atoms with Crippen molar-refractivity contribution in [3.05, 3.63) is 58.7 Å². The first kappa shape index (κ1) is 19.2. The molecule has 3 rings (SSSR count). The first-order valence-electron chi connectivity index (χ1n) is 9.63. The molecule has 0 unspecified atom stereocenters. The number of esters is 1. The smallest absolute Gasteiger partial charge is 0.355 e. The Morgan fingerprint density at radius 3 is 2.70 bits per heavy atom. The number of aryl methyl sites for hydroxylation is 2. The average molecular weight is 368 g/mol. The summed E-state index contributed by atoms with van der Waals surface area (Å²) in [5, 5.41) is 0. The number of hydrogen-bond donors (Lipinski definition) is 0. The summed E-state index contributed by atoms with van der Waals surface area (Å²) >= 11 is 0. The van der Waals surface area contributed by atoms with Gasteiger partial charge in [-0.2, -0.15) is 0 Å². The first-order chi connectivity index (χ1) is 13.0. The third-order valence-electron chi connectivity index (χ3n) is 5.40. The van der Waals surface area contributed by atoms with Crippen LogP contribution in [0.3, 0.4) is 0 Å². The van der Waals surface area contributed by atoms with E-state index in [9.17, 15) is 9.59 Å². The minimum Gasteiger partial charge on any atom is -0.453 e. The molecular formula is C22H28N2O3. The molecule has 0 aromatic carbocycles. The molecule has 5 nitrogen and oxygen atoms in total. The Morgan fingerprint density at radius 1 is 1.22 bits per heavy atom. The molecule has 2 aromatic rings. The van der Waals surface area contributed by atoms with Crippen molar-refractivity contribution in [2.75, 3.05) is 6.61 Å². The van der Waals surface area contributed by atoms with Gasteiger partial charge in [-0.25, -0.2) is 4.79 Å². The van der Waals surface area contributed by atoms with Crippen LogP contribution < -0.4 is 0 Å². The maximum Gasteiger partial charge on any atom is 0.355 e. The van der Waals surface area contributed by atoms with E-state index in [2.05, 4.69) is 10.6 Å². The highest BCUT2D eigenvalue weighted by Gasteiger charge is 2.19. The van der Waals surface area contributed by atoms with Gasteiger partial charge < -0.3 is 13.9 Å². The lowest BCUT2D eigenvalue weighted by atomic mass is 9.97. The number of hydrogen-bond acceptors (Lipinski definition) is 3. The molecule has 2 aromatic heterocycles. The second-order valence-electron chi connectivity index (χ2n) is 7.30. The number of Topliss-reactive ketones (excluding diaryl/α,β-unsaturated/α-hetero) is 1. The summed E-state index contributed by atoms with van der Waals surface area (Å²) < 4.78 is 9.09. The van der Waals surface area contributed by atoms with Crippen LogP contribution in [-0.2, 0) is 18.3 Å². The van der Waals surface area contributed by atoms with E-state index in [0.29, 0.717) is 11.3 Å². The number of carbonyl (C=O) groups is 2. The topological polar surface area (TPSA) is 53.2 Å². The van der Waals surface area contributed by atoms with Gasteiger partial charge in [0.25, 0.3) is 0 Å². The molecule has 2 heterocycles. The van der Waals surface area contributed by atoms with E-state index >= 15 is 0 Å². The number of allylic oxidation sites excluding steroid dienone is 2. The predicted molar refractivity (Wildman–Crippen MR) is 105 cm³/mol. The third-order valence-corrected chi connectivity index (χ3v) is 5.40. The molecule has 0 fully saturated rings. The maximum atomic E-state index is 12.6. The monoisotopic (exact) mass is 368 g/mol. The first-order valence-corrected chi connectivity index (χ1v) is 9.63. The quantitative estimate of drug-likeness (QED) is 0.414. The van der Waals surface area contributed by atoms with Crippen LogP contribution in [0.25, 0.3) is 0 Å². The summed E-state index contributed by atoms with van der Waals surface area (Å²) in [6.45, 7) is 4.64. The van der Waals surface area contributed by atoms with E-state index in [4.69, 9.17) is 4.74 Å². The summed E-state index contributed by atoms with van der Waals surface area (Å²) in [5.41, 5.74) is 4.63. The fraction of sp³-hybridized carbons (Fsp3) is 0.455. The van der Waals surface area contributed by atoms with Gasteiger partial charge in [-0.3, -0.25) is 4.79 Å². The molecule has 27 heavy (non-hydrogen) atoms. The van der Waals surface area contributed by atoms with Crippen LogP contribution in [0.4, 0.5) is 0 Å². The highest BCUT2D eigenvalue weighted by atomic mass is 16.5. The fourth-order valence-corrected chi connectivity index (χ4v) is 3.77. The zero-order valence-electron chi connectivity index (χ0n) is 16.5. The Hall–Kier alpha value is -2.56. The van der Waals surface area contributed by atoms with Gasteiger partial charge in [0.05, 0.1) is 0 Å². The molecule has 5 heteroatoms. The van der Waals surface area contributed by atoms with Gasteiger partial charge in [-0.15, -0.1) is 0 Å². The van der Waals surface area contributed by atoms with Gasteiger partial charge in [0, 0.05) is 36.7 Å². The number of ether oxygens (including phenoxy) is 1. The summed E-state index contributed by atoms with van der Waals surface area (Å²) in [4.78, 5) is 24.7. The van der Waals surface area contributed by atoms with Gasteiger partial charge in [-0.05, 0) is 64.2 Å². The predicted octanol–water partition coefficient (Wildman–Crippen LogP) is 4.37. The molecule has 0 amide bonds. The van der Waals surface area contributed by atoms with Gasteiger partial charge in [-0.1, -0.05) is 11.6 Å². The number of carbonyl (C=O) groups excluding carboxylic acids is 2. The normalized spacial score (nSPS) is 14.1. The lowest BCUT2D eigenvalue weighted by molar-refractivity contribution is 0.0465. The molecule has 1 aliphatic rings. The van der Waals surface area contributed by atoms with Crippen LogP contribution in [-0.4, -0.2) is 27.5 Å². The molecule has 0 aliphatic heterocycles. The molecule has 0 atom stereocenters. The minimum absolute atomic E-state index is 0.159. The summed E-state index contributed by atoms with van der Waals surface area (Å²) in [6.07, 6.45) is 10.1. The minimum atomic E-state index is -0.478. The lowest BCUT2D eigenvalue weighted by Gasteiger charge is -2.15. The SMILES string of the molecule is Cc1cc(C(=O)COC(=O)c2cccn2C)c(C)n1CCC1=CCCCC1. The van der Waals surface area contributed by atoms with Crippen molar-refractivity contribution in [2.24, 2.45) is 7.05 Å². The van der Waals surface area contributed by atoms with Crippen LogP contribution in [0.1, 0.15) is 64.3 Å². The Balaban J connectivity index is 1.62. The third kappa shape index (κ3) is 4.41. The summed E-state index contributed by atoms with van der Waals surface area (Å²) in [5.74, 6) is -0.636. The second-order valence-corrected chi connectivity index (χ2v) is 7.30. The molecule has 0 saturated carbocycles. The molecule has 1 aliphatic carbocycles. The van der Waals surface area contributed by atoms with E-state index < -0.39 is 5.97 Å². The van der Waals surface area contributed by atoms with Crippen molar-refractivity contribution in [2.45, 2.75) is 52.5 Å². The van der Waals surface area contributed by atoms with Crippen LogP contribution in [0.2, 0.25) is 0 Å². The number of nitrogens with zero attached hydrogens (tertiary/aromatic N) is 2. The lowest BCUT2D eigenvalue weighted by Crippen LogP contribution is -2.17. The van der Waals surface area contributed by atoms with Gasteiger partial charge in [0.1, 0.15) is 5.69 Å².